The number of amides is 2. The zero-order valence-electron chi connectivity index (χ0n) is 29.4. The minimum absolute atomic E-state index is 0.217. The first-order valence-electron chi connectivity index (χ1n) is 18.1. The first kappa shape index (κ1) is 35.1. The summed E-state index contributed by atoms with van der Waals surface area (Å²) in [5, 5.41) is 11.1. The lowest BCUT2D eigenvalue weighted by Gasteiger charge is -2.38. The van der Waals surface area contributed by atoms with Crippen LogP contribution in [-0.2, 0) is 9.59 Å². The highest BCUT2D eigenvalue weighted by molar-refractivity contribution is 6.33. The average molecular weight is 743 g/mol. The van der Waals surface area contributed by atoms with E-state index in [0.29, 0.717) is 46.6 Å². The van der Waals surface area contributed by atoms with Gasteiger partial charge in [-0.1, -0.05) is 17.7 Å². The van der Waals surface area contributed by atoms with E-state index in [1.165, 1.54) is 6.07 Å². The molecule has 12 nitrogen and oxygen atoms in total. The topological polar surface area (TPSA) is 116 Å². The highest BCUT2D eigenvalue weighted by Crippen LogP contribution is 2.34. The smallest absolute Gasteiger partial charge is 0.234 e. The van der Waals surface area contributed by atoms with Crippen LogP contribution in [0.3, 0.4) is 0 Å². The lowest BCUT2D eigenvalue weighted by Crippen LogP contribution is -2.49. The van der Waals surface area contributed by atoms with Crippen LogP contribution in [0.1, 0.15) is 48.8 Å². The molecular formula is C38H41ClF2N10O2. The van der Waals surface area contributed by atoms with E-state index in [2.05, 4.69) is 40.4 Å². The molecule has 0 radical (unpaired) electrons. The number of imide groups is 1. The molecule has 2 N–H and O–H groups in total. The normalized spacial score (nSPS) is 19.2. The highest BCUT2D eigenvalue weighted by atomic mass is 35.5. The second kappa shape index (κ2) is 14.8. The molecule has 53 heavy (non-hydrogen) atoms. The quantitative estimate of drug-likeness (QED) is 0.188. The van der Waals surface area contributed by atoms with E-state index in [0.717, 1.165) is 88.2 Å². The van der Waals surface area contributed by atoms with Crippen LogP contribution in [0.25, 0.3) is 16.9 Å². The molecule has 3 aliphatic rings. The van der Waals surface area contributed by atoms with Crippen molar-refractivity contribution in [3.05, 3.63) is 89.1 Å². The van der Waals surface area contributed by atoms with E-state index in [1.54, 1.807) is 36.1 Å². The van der Waals surface area contributed by atoms with Crippen molar-refractivity contribution in [3.8, 4) is 11.3 Å². The van der Waals surface area contributed by atoms with E-state index in [4.69, 9.17) is 11.6 Å². The molecule has 276 valence electrons. The van der Waals surface area contributed by atoms with Gasteiger partial charge in [-0.3, -0.25) is 28.9 Å². The van der Waals surface area contributed by atoms with Crippen LogP contribution in [0, 0.1) is 18.6 Å². The monoisotopic (exact) mass is 742 g/mol. The maximum Gasteiger partial charge on any atom is 0.234 e. The lowest BCUT2D eigenvalue weighted by atomic mass is 9.90. The van der Waals surface area contributed by atoms with E-state index in [9.17, 15) is 18.4 Å². The highest BCUT2D eigenvalue weighted by Gasteiger charge is 2.29. The molecule has 0 bridgehead atoms. The molecule has 8 rings (SSSR count). The van der Waals surface area contributed by atoms with E-state index in [-0.39, 0.29) is 23.3 Å². The van der Waals surface area contributed by atoms with E-state index in [1.807, 2.05) is 29.1 Å². The van der Waals surface area contributed by atoms with Crippen LogP contribution in [-0.4, -0.2) is 98.1 Å². The number of carbonyl (C=O) groups excluding carboxylic acids is 2. The zero-order valence-corrected chi connectivity index (χ0v) is 30.2. The van der Waals surface area contributed by atoms with Gasteiger partial charge in [0, 0.05) is 89.0 Å². The Morgan fingerprint density at radius 3 is 2.45 bits per heavy atom. The van der Waals surface area contributed by atoms with Crippen molar-refractivity contribution in [3.63, 3.8) is 0 Å². The fourth-order valence-corrected chi connectivity index (χ4v) is 8.02. The molecule has 0 saturated carbocycles. The summed E-state index contributed by atoms with van der Waals surface area (Å²) in [5.74, 6) is -1.54. The van der Waals surface area contributed by atoms with Crippen LogP contribution in [0.15, 0.2) is 61.3 Å². The number of aromatic nitrogens is 5. The standard InChI is InChI=1S/C38H41ClF2N10O2/c1-24-18-29(32(41)20-31(24)40)34-22-43-36(37-42-8-11-50(34)37)45-26-21-44-51(23-26)27-6-9-47(10-7-27)12-13-48-14-16-49(17-15-48)33-4-2-25(19-30(33)39)28-3-5-35(52)46-38(28)53/h2,4,8,11,18-23,27-28H,3,5-7,9-10,12-17H2,1H3,(H,43,45)(H,46,52,53). The van der Waals surface area contributed by atoms with Gasteiger partial charge in [-0.15, -0.1) is 0 Å². The number of likely N-dealkylation sites (tertiary alicyclic amines) is 1. The number of piperazine rings is 1. The molecule has 1 unspecified atom stereocenters. The fourth-order valence-electron chi connectivity index (χ4n) is 7.71. The number of aryl methyl sites for hydroxylation is 1. The Bertz CT molecular complexity index is 2160. The van der Waals surface area contributed by atoms with Crippen LogP contribution in [0.5, 0.6) is 0 Å². The zero-order chi connectivity index (χ0) is 36.6. The van der Waals surface area contributed by atoms with Gasteiger partial charge < -0.3 is 15.1 Å². The molecule has 0 spiro atoms. The van der Waals surface area contributed by atoms with Gasteiger partial charge >= 0.3 is 0 Å². The van der Waals surface area contributed by atoms with Gasteiger partial charge in [0.25, 0.3) is 0 Å². The summed E-state index contributed by atoms with van der Waals surface area (Å²) in [4.78, 5) is 40.2. The van der Waals surface area contributed by atoms with Gasteiger partial charge in [0.2, 0.25) is 11.8 Å². The molecule has 5 aromatic rings. The molecule has 1 atom stereocenters. The summed E-state index contributed by atoms with van der Waals surface area (Å²) < 4.78 is 32.4. The number of halogens is 3. The summed E-state index contributed by atoms with van der Waals surface area (Å²) in [5.41, 5.74) is 4.23. The second-order valence-corrected chi connectivity index (χ2v) is 14.6. The predicted molar refractivity (Wildman–Crippen MR) is 199 cm³/mol. The number of nitrogens with one attached hydrogen (secondary N) is 2. The van der Waals surface area contributed by atoms with Gasteiger partial charge in [-0.25, -0.2) is 18.7 Å². The number of piperidine rings is 2. The Balaban J connectivity index is 0.805. The number of anilines is 3. The van der Waals surface area contributed by atoms with Crippen LogP contribution < -0.4 is 15.5 Å². The summed E-state index contributed by atoms with van der Waals surface area (Å²) in [6.07, 6.45) is 11.6. The third kappa shape index (κ3) is 7.35. The van der Waals surface area contributed by atoms with Gasteiger partial charge in [-0.2, -0.15) is 5.10 Å². The summed E-state index contributed by atoms with van der Waals surface area (Å²) >= 11 is 6.71. The molecular weight excluding hydrogens is 702 g/mol. The van der Waals surface area contributed by atoms with Gasteiger partial charge in [0.05, 0.1) is 46.4 Å². The van der Waals surface area contributed by atoms with Crippen molar-refractivity contribution in [2.45, 2.75) is 44.6 Å². The van der Waals surface area contributed by atoms with Gasteiger partial charge in [0.1, 0.15) is 11.6 Å². The number of rotatable bonds is 9. The van der Waals surface area contributed by atoms with E-state index < -0.39 is 11.6 Å². The third-order valence-electron chi connectivity index (χ3n) is 10.8. The SMILES string of the molecule is Cc1cc(-c2cnc(Nc3cnn(C4CCN(CCN5CCN(c6ccc(C7CCC(=O)NC7=O)cc6Cl)CC5)CC4)c3)c3nccn23)c(F)cc1F. The molecule has 15 heteroatoms. The summed E-state index contributed by atoms with van der Waals surface area (Å²) in [6, 6.07) is 8.53. The largest absolute Gasteiger partial charge is 0.368 e. The van der Waals surface area contributed by atoms with Crippen LogP contribution >= 0.6 is 11.6 Å². The molecule has 3 fully saturated rings. The number of hydrogen-bond donors (Lipinski definition) is 2. The summed E-state index contributed by atoms with van der Waals surface area (Å²) in [7, 11) is 0. The molecule has 3 saturated heterocycles. The number of carbonyl (C=O) groups is 2. The lowest BCUT2D eigenvalue weighted by molar-refractivity contribution is -0.134. The molecule has 2 aromatic carbocycles. The first-order chi connectivity index (χ1) is 25.7. The third-order valence-corrected chi connectivity index (χ3v) is 11.1. The maximum atomic E-state index is 14.7. The van der Waals surface area contributed by atoms with Crippen LogP contribution in [0.2, 0.25) is 5.02 Å². The Morgan fingerprint density at radius 1 is 0.925 bits per heavy atom. The number of nitrogens with zero attached hydrogens (tertiary/aromatic N) is 8. The molecule has 3 aliphatic heterocycles. The molecule has 3 aromatic heterocycles. The number of fused-ring (bicyclic) bond motifs is 1. The van der Waals surface area contributed by atoms with Crippen molar-refractivity contribution < 1.29 is 18.4 Å². The molecule has 6 heterocycles. The maximum absolute atomic E-state index is 14.7. The van der Waals surface area contributed by atoms with Crippen molar-refractivity contribution in [2.75, 3.05) is 62.6 Å². The fraction of sp³-hybridized carbons (Fsp3) is 0.395. The van der Waals surface area contributed by atoms with Crippen molar-refractivity contribution in [1.29, 1.82) is 0 Å². The predicted octanol–water partition coefficient (Wildman–Crippen LogP) is 5.56. The number of hydrogen-bond acceptors (Lipinski definition) is 9. The minimum Gasteiger partial charge on any atom is -0.368 e. The number of imidazole rings is 1. The Kier molecular flexibility index (Phi) is 9.83. The van der Waals surface area contributed by atoms with Crippen molar-refractivity contribution >= 4 is 46.3 Å². The van der Waals surface area contributed by atoms with Gasteiger partial charge in [-0.05, 0) is 55.5 Å². The number of benzene rings is 2. The minimum atomic E-state index is -0.656. The molecule has 2 amide bonds. The van der Waals surface area contributed by atoms with E-state index >= 15 is 0 Å². The van der Waals surface area contributed by atoms with Crippen LogP contribution in [0.4, 0.5) is 26.0 Å². The Morgan fingerprint density at radius 2 is 1.70 bits per heavy atom. The summed E-state index contributed by atoms with van der Waals surface area (Å²) in [6.45, 7) is 9.31. The van der Waals surface area contributed by atoms with Crippen molar-refractivity contribution in [2.24, 2.45) is 0 Å². The first-order valence-corrected chi connectivity index (χ1v) is 18.5. The Hall–Kier alpha value is -4.92. The van der Waals surface area contributed by atoms with Crippen molar-refractivity contribution in [1.82, 2.24) is 39.3 Å². The Labute approximate surface area is 310 Å². The average Bonchev–Trinajstić information content (AvgIpc) is 3.84. The van der Waals surface area contributed by atoms with Gasteiger partial charge in [0.15, 0.2) is 11.5 Å². The second-order valence-electron chi connectivity index (χ2n) is 14.1. The molecule has 0 aliphatic carbocycles.